The summed E-state index contributed by atoms with van der Waals surface area (Å²) in [5.74, 6) is -0.159. The molecule has 0 radical (unpaired) electrons. The second kappa shape index (κ2) is 6.89. The molecule has 2 amide bonds. The van der Waals surface area contributed by atoms with E-state index in [2.05, 4.69) is 12.1 Å². The van der Waals surface area contributed by atoms with Gasteiger partial charge in [-0.15, -0.1) is 0 Å². The van der Waals surface area contributed by atoms with Gasteiger partial charge in [0.1, 0.15) is 6.54 Å². The third-order valence-corrected chi connectivity index (χ3v) is 6.11. The maximum Gasteiger partial charge on any atom is 0.242 e. The lowest BCUT2D eigenvalue weighted by Gasteiger charge is -2.32. The number of fused-ring (bicyclic) bond motifs is 3. The van der Waals surface area contributed by atoms with E-state index in [1.807, 2.05) is 41.3 Å². The second-order valence-corrected chi connectivity index (χ2v) is 7.80. The molecule has 1 unspecified atom stereocenters. The minimum atomic E-state index is -0.178. The Bertz CT molecular complexity index is 981. The number of carbonyl (C=O) groups is 2. The normalized spacial score (nSPS) is 20.8. The van der Waals surface area contributed by atoms with Crippen LogP contribution in [0.3, 0.4) is 0 Å². The quantitative estimate of drug-likeness (QED) is 0.809. The van der Waals surface area contributed by atoms with Crippen LogP contribution in [0.4, 0.5) is 11.4 Å². The Labute approximate surface area is 164 Å². The number of carbonyl (C=O) groups excluding carboxylic acids is 2. The van der Waals surface area contributed by atoms with Crippen molar-refractivity contribution in [1.29, 1.82) is 0 Å². The van der Waals surface area contributed by atoms with Crippen molar-refractivity contribution in [3.8, 4) is 0 Å². The maximum absolute atomic E-state index is 13.3. The fourth-order valence-corrected chi connectivity index (χ4v) is 4.58. The molecule has 0 N–H and O–H groups in total. The average molecular weight is 373 g/mol. The molecule has 3 aliphatic rings. The summed E-state index contributed by atoms with van der Waals surface area (Å²) in [6.45, 7) is 1.39. The minimum Gasteiger partial charge on any atom is -0.336 e. The molecule has 2 aromatic carbocycles. The van der Waals surface area contributed by atoms with Gasteiger partial charge in [-0.2, -0.15) is 0 Å². The molecule has 1 atom stereocenters. The fraction of sp³-hybridized carbons (Fsp3) is 0.348. The minimum absolute atomic E-state index is 0.000830. The zero-order valence-electron chi connectivity index (χ0n) is 15.8. The molecule has 0 spiro atoms. The number of anilines is 1. The Morgan fingerprint density at radius 3 is 2.71 bits per heavy atom. The lowest BCUT2D eigenvalue weighted by Crippen LogP contribution is -2.46. The Kier molecular flexibility index (Phi) is 4.23. The van der Waals surface area contributed by atoms with E-state index in [1.54, 1.807) is 4.90 Å². The topological polar surface area (TPSA) is 53.0 Å². The Morgan fingerprint density at radius 1 is 1.04 bits per heavy atom. The molecule has 5 nitrogen and oxygen atoms in total. The molecule has 2 aromatic rings. The zero-order chi connectivity index (χ0) is 19.1. The summed E-state index contributed by atoms with van der Waals surface area (Å²) in [6, 6.07) is 15.9. The van der Waals surface area contributed by atoms with Gasteiger partial charge in [0.2, 0.25) is 11.8 Å². The van der Waals surface area contributed by atoms with Crippen molar-refractivity contribution >= 4 is 28.9 Å². The molecule has 1 saturated carbocycles. The van der Waals surface area contributed by atoms with E-state index in [0.29, 0.717) is 13.1 Å². The smallest absolute Gasteiger partial charge is 0.242 e. The van der Waals surface area contributed by atoms with Gasteiger partial charge in [-0.05, 0) is 48.9 Å². The van der Waals surface area contributed by atoms with Gasteiger partial charge in [-0.25, -0.2) is 0 Å². The highest BCUT2D eigenvalue weighted by molar-refractivity contribution is 6.16. The molecule has 5 rings (SSSR count). The second-order valence-electron chi connectivity index (χ2n) is 7.80. The van der Waals surface area contributed by atoms with Crippen molar-refractivity contribution in [3.05, 3.63) is 59.7 Å². The molecule has 1 fully saturated rings. The van der Waals surface area contributed by atoms with Crippen molar-refractivity contribution in [2.75, 3.05) is 18.0 Å². The molecule has 5 heteroatoms. The highest BCUT2D eigenvalue weighted by Crippen LogP contribution is 2.37. The number of para-hydroxylation sites is 2. The van der Waals surface area contributed by atoms with Crippen LogP contribution in [0.25, 0.3) is 0 Å². The van der Waals surface area contributed by atoms with E-state index in [9.17, 15) is 9.59 Å². The van der Waals surface area contributed by atoms with E-state index < -0.39 is 0 Å². The number of hydrogen-bond donors (Lipinski definition) is 0. The van der Waals surface area contributed by atoms with Crippen molar-refractivity contribution < 1.29 is 9.59 Å². The number of benzene rings is 2. The summed E-state index contributed by atoms with van der Waals surface area (Å²) in [5.41, 5.74) is 5.03. The summed E-state index contributed by atoms with van der Waals surface area (Å²) in [6.07, 6.45) is 3.55. The van der Waals surface area contributed by atoms with Crippen LogP contribution < -0.4 is 4.90 Å². The van der Waals surface area contributed by atoms with Crippen LogP contribution in [0.5, 0.6) is 0 Å². The van der Waals surface area contributed by atoms with Crippen molar-refractivity contribution in [2.24, 2.45) is 10.9 Å². The van der Waals surface area contributed by atoms with Crippen LogP contribution in [0.15, 0.2) is 53.5 Å². The van der Waals surface area contributed by atoms with Gasteiger partial charge in [0.15, 0.2) is 0 Å². The van der Waals surface area contributed by atoms with Crippen LogP contribution in [-0.2, 0) is 22.6 Å². The van der Waals surface area contributed by atoms with Crippen LogP contribution in [-0.4, -0.2) is 35.5 Å². The van der Waals surface area contributed by atoms with Gasteiger partial charge in [0.05, 0.1) is 17.3 Å². The van der Waals surface area contributed by atoms with Gasteiger partial charge < -0.3 is 9.80 Å². The van der Waals surface area contributed by atoms with E-state index in [-0.39, 0.29) is 24.3 Å². The first-order chi connectivity index (χ1) is 13.7. The SMILES string of the molecule is O=C(CN1C(=O)C2CCCC2=Nc2ccccc21)N1CCc2ccccc2C1. The number of aliphatic imine (C=N–C) groups is 1. The van der Waals surface area contributed by atoms with Crippen molar-refractivity contribution in [2.45, 2.75) is 32.2 Å². The highest BCUT2D eigenvalue weighted by atomic mass is 16.2. The summed E-state index contributed by atoms with van der Waals surface area (Å²) in [4.78, 5) is 34.7. The molecule has 2 heterocycles. The zero-order valence-corrected chi connectivity index (χ0v) is 15.8. The summed E-state index contributed by atoms with van der Waals surface area (Å²) >= 11 is 0. The molecule has 2 aliphatic heterocycles. The first-order valence-electron chi connectivity index (χ1n) is 10.0. The first-order valence-corrected chi connectivity index (χ1v) is 10.0. The van der Waals surface area contributed by atoms with Gasteiger partial charge in [-0.1, -0.05) is 36.4 Å². The van der Waals surface area contributed by atoms with E-state index in [0.717, 1.165) is 42.8 Å². The molecular weight excluding hydrogens is 350 g/mol. The largest absolute Gasteiger partial charge is 0.336 e. The Hall–Kier alpha value is -2.95. The summed E-state index contributed by atoms with van der Waals surface area (Å²) in [7, 11) is 0. The molecule has 0 aromatic heterocycles. The van der Waals surface area contributed by atoms with E-state index in [1.165, 1.54) is 11.1 Å². The summed E-state index contributed by atoms with van der Waals surface area (Å²) < 4.78 is 0. The van der Waals surface area contributed by atoms with Crippen molar-refractivity contribution in [1.82, 2.24) is 4.90 Å². The van der Waals surface area contributed by atoms with Crippen LogP contribution in [0.2, 0.25) is 0 Å². The highest BCUT2D eigenvalue weighted by Gasteiger charge is 2.37. The number of hydrogen-bond acceptors (Lipinski definition) is 3. The molecule has 142 valence electrons. The average Bonchev–Trinajstić information content (AvgIpc) is 3.16. The van der Waals surface area contributed by atoms with Gasteiger partial charge in [0, 0.05) is 18.8 Å². The van der Waals surface area contributed by atoms with Crippen LogP contribution in [0, 0.1) is 5.92 Å². The standard InChI is InChI=1S/C23H23N3O2/c27-22(25-13-12-16-6-1-2-7-17(16)14-25)15-26-21-11-4-3-9-20(21)24-19-10-5-8-18(19)23(26)28/h1-4,6-7,9,11,18H,5,8,10,12-15H2. The van der Waals surface area contributed by atoms with Crippen LogP contribution in [0.1, 0.15) is 30.4 Å². The molecule has 0 saturated heterocycles. The number of nitrogens with zero attached hydrogens (tertiary/aromatic N) is 3. The van der Waals surface area contributed by atoms with E-state index in [4.69, 9.17) is 4.99 Å². The van der Waals surface area contributed by atoms with Gasteiger partial charge >= 0.3 is 0 Å². The number of amides is 2. The fourth-order valence-electron chi connectivity index (χ4n) is 4.58. The summed E-state index contributed by atoms with van der Waals surface area (Å²) in [5, 5.41) is 0. The molecule has 0 bridgehead atoms. The monoisotopic (exact) mass is 373 g/mol. The Morgan fingerprint density at radius 2 is 1.82 bits per heavy atom. The lowest BCUT2D eigenvalue weighted by molar-refractivity contribution is -0.132. The molecular formula is C23H23N3O2. The number of rotatable bonds is 2. The van der Waals surface area contributed by atoms with E-state index >= 15 is 0 Å². The Balaban J connectivity index is 1.42. The van der Waals surface area contributed by atoms with Crippen molar-refractivity contribution in [3.63, 3.8) is 0 Å². The first kappa shape index (κ1) is 17.2. The van der Waals surface area contributed by atoms with Gasteiger partial charge in [-0.3, -0.25) is 14.6 Å². The predicted octanol–water partition coefficient (Wildman–Crippen LogP) is 3.49. The molecule has 28 heavy (non-hydrogen) atoms. The third-order valence-electron chi connectivity index (χ3n) is 6.11. The maximum atomic E-state index is 13.3. The third kappa shape index (κ3) is 2.91. The molecule has 1 aliphatic carbocycles. The predicted molar refractivity (Wildman–Crippen MR) is 109 cm³/mol. The van der Waals surface area contributed by atoms with Crippen LogP contribution >= 0.6 is 0 Å². The lowest BCUT2D eigenvalue weighted by atomic mass is 10.00. The van der Waals surface area contributed by atoms with Gasteiger partial charge in [0.25, 0.3) is 0 Å².